The standard InChI is InChI=1S/C36H61NO7/c1-18-5-9-21(10-6-18)22-11-7-20(13-22)8-12-23-16-27(37(3)4)26-15-24-14-25-17-28(39)29(19(2)38)34(42)36(25,44)35(43)30(24)33(41)31(26)32(23)40/h18-27,30-35,38-44H,5-17H2,1-4H3/t18?,19?,20?,21?,22?,23?,24-,25+,26?,27?,30?,31?,32?,33?,34?,35?,36-/m1/s1. The Labute approximate surface area is 264 Å². The fourth-order valence-electron chi connectivity index (χ4n) is 11.8. The molecule has 0 heterocycles. The van der Waals surface area contributed by atoms with Crippen LogP contribution in [0.2, 0.25) is 0 Å². The molecular weight excluding hydrogens is 558 g/mol. The van der Waals surface area contributed by atoms with E-state index in [1.54, 1.807) is 0 Å². The molecule has 6 aliphatic carbocycles. The maximum Gasteiger partial charge on any atom is 0.124 e. The van der Waals surface area contributed by atoms with Gasteiger partial charge in [-0.05, 0) is 114 Å². The highest BCUT2D eigenvalue weighted by Gasteiger charge is 2.65. The van der Waals surface area contributed by atoms with Gasteiger partial charge in [-0.2, -0.15) is 0 Å². The van der Waals surface area contributed by atoms with E-state index in [0.29, 0.717) is 6.42 Å². The summed E-state index contributed by atoms with van der Waals surface area (Å²) in [4.78, 5) is 2.25. The zero-order chi connectivity index (χ0) is 31.7. The van der Waals surface area contributed by atoms with Crippen LogP contribution in [-0.4, -0.2) is 96.9 Å². The second-order valence-corrected chi connectivity index (χ2v) is 16.8. The normalized spacial score (nSPS) is 51.9. The van der Waals surface area contributed by atoms with Gasteiger partial charge in [0.15, 0.2) is 0 Å². The molecule has 6 rings (SSSR count). The topological polar surface area (TPSA) is 145 Å². The lowest BCUT2D eigenvalue weighted by Gasteiger charge is -2.62. The Morgan fingerprint density at radius 3 is 2.16 bits per heavy atom. The van der Waals surface area contributed by atoms with Crippen LogP contribution in [0.3, 0.4) is 0 Å². The second-order valence-electron chi connectivity index (χ2n) is 16.8. The summed E-state index contributed by atoms with van der Waals surface area (Å²) >= 11 is 0. The molecule has 0 saturated heterocycles. The molecule has 5 saturated carbocycles. The average molecular weight is 620 g/mol. The third-order valence-electron chi connectivity index (χ3n) is 14.3. The number of nitrogens with zero attached hydrogens (tertiary/aromatic N) is 1. The van der Waals surface area contributed by atoms with Gasteiger partial charge in [-0.3, -0.25) is 0 Å². The fourth-order valence-corrected chi connectivity index (χ4v) is 11.8. The van der Waals surface area contributed by atoms with Crippen LogP contribution in [0.4, 0.5) is 0 Å². The molecule has 0 aromatic rings. The summed E-state index contributed by atoms with van der Waals surface area (Å²) in [5.41, 5.74) is -2.04. The monoisotopic (exact) mass is 619 g/mol. The molecule has 0 aliphatic heterocycles. The number of fused-ring (bicyclic) bond motifs is 3. The summed E-state index contributed by atoms with van der Waals surface area (Å²) in [6.45, 7) is 3.82. The molecule has 15 atom stereocenters. The number of aliphatic hydroxyl groups is 7. The average Bonchev–Trinajstić information content (AvgIpc) is 3.43. The first-order valence-corrected chi connectivity index (χ1v) is 18.0. The van der Waals surface area contributed by atoms with E-state index in [0.717, 1.165) is 49.4 Å². The van der Waals surface area contributed by atoms with Crippen LogP contribution >= 0.6 is 0 Å². The quantitative estimate of drug-likeness (QED) is 0.239. The predicted octanol–water partition coefficient (Wildman–Crippen LogP) is 3.62. The Morgan fingerprint density at radius 2 is 1.50 bits per heavy atom. The van der Waals surface area contributed by atoms with Crippen molar-refractivity contribution >= 4 is 0 Å². The highest BCUT2D eigenvalue weighted by molar-refractivity contribution is 5.30. The van der Waals surface area contributed by atoms with E-state index < -0.39 is 53.9 Å². The molecule has 5 fully saturated rings. The van der Waals surface area contributed by atoms with E-state index in [1.807, 2.05) is 0 Å². The third kappa shape index (κ3) is 5.60. The predicted molar refractivity (Wildman–Crippen MR) is 168 cm³/mol. The molecule has 0 radical (unpaired) electrons. The van der Waals surface area contributed by atoms with Crippen LogP contribution < -0.4 is 0 Å². The van der Waals surface area contributed by atoms with Gasteiger partial charge in [-0.15, -0.1) is 0 Å². The number of hydrogen-bond acceptors (Lipinski definition) is 8. The van der Waals surface area contributed by atoms with Crippen LogP contribution in [0.15, 0.2) is 11.3 Å². The van der Waals surface area contributed by atoms with E-state index >= 15 is 0 Å². The van der Waals surface area contributed by atoms with E-state index in [9.17, 15) is 35.7 Å². The fraction of sp³-hybridized carbons (Fsp3) is 0.944. The smallest absolute Gasteiger partial charge is 0.124 e. The summed E-state index contributed by atoms with van der Waals surface area (Å²) in [7, 11) is 4.18. The lowest BCUT2D eigenvalue weighted by molar-refractivity contribution is -0.263. The molecule has 6 aliphatic rings. The molecule has 7 N–H and O–H groups in total. The van der Waals surface area contributed by atoms with Gasteiger partial charge in [0.05, 0.1) is 30.2 Å². The van der Waals surface area contributed by atoms with Crippen molar-refractivity contribution in [3.05, 3.63) is 11.3 Å². The number of rotatable bonds is 6. The Hall–Kier alpha value is -0.740. The Bertz CT molecular complexity index is 1040. The Kier molecular flexibility index (Phi) is 9.58. The minimum atomic E-state index is -1.98. The highest BCUT2D eigenvalue weighted by Crippen LogP contribution is 2.58. The van der Waals surface area contributed by atoms with Gasteiger partial charge < -0.3 is 40.6 Å². The van der Waals surface area contributed by atoms with E-state index in [4.69, 9.17) is 0 Å². The maximum atomic E-state index is 12.0. The van der Waals surface area contributed by atoms with Gasteiger partial charge in [0.2, 0.25) is 0 Å². The molecule has 8 heteroatoms. The van der Waals surface area contributed by atoms with Gasteiger partial charge in [-0.25, -0.2) is 0 Å². The van der Waals surface area contributed by atoms with E-state index in [2.05, 4.69) is 25.9 Å². The second kappa shape index (κ2) is 12.7. The zero-order valence-electron chi connectivity index (χ0n) is 27.5. The molecule has 0 spiro atoms. The minimum Gasteiger partial charge on any atom is -0.512 e. The first-order valence-electron chi connectivity index (χ1n) is 18.0. The molecule has 0 amide bonds. The van der Waals surface area contributed by atoms with Gasteiger partial charge in [0.1, 0.15) is 11.7 Å². The molecule has 0 bridgehead atoms. The number of aliphatic hydroxyl groups excluding tert-OH is 6. The summed E-state index contributed by atoms with van der Waals surface area (Å²) in [6.07, 6.45) is 7.76. The molecule has 0 aromatic carbocycles. The summed E-state index contributed by atoms with van der Waals surface area (Å²) in [5, 5.41) is 79.7. The third-order valence-corrected chi connectivity index (χ3v) is 14.3. The molecule has 0 aromatic heterocycles. The van der Waals surface area contributed by atoms with E-state index in [-0.39, 0.29) is 41.5 Å². The van der Waals surface area contributed by atoms with Crippen molar-refractivity contribution in [2.75, 3.05) is 14.1 Å². The Balaban J connectivity index is 1.17. The van der Waals surface area contributed by atoms with Gasteiger partial charge in [0.25, 0.3) is 0 Å². The van der Waals surface area contributed by atoms with Crippen LogP contribution in [-0.2, 0) is 0 Å². The van der Waals surface area contributed by atoms with Crippen LogP contribution in [0.25, 0.3) is 0 Å². The first-order chi connectivity index (χ1) is 20.8. The maximum absolute atomic E-state index is 12.0. The van der Waals surface area contributed by atoms with Gasteiger partial charge in [-0.1, -0.05) is 32.6 Å². The van der Waals surface area contributed by atoms with Crippen LogP contribution in [0, 0.1) is 59.2 Å². The van der Waals surface area contributed by atoms with Crippen LogP contribution in [0.5, 0.6) is 0 Å². The first kappa shape index (κ1) is 33.2. The summed E-state index contributed by atoms with van der Waals surface area (Å²) in [6, 6.07) is 0.203. The highest BCUT2D eigenvalue weighted by atomic mass is 16.4. The summed E-state index contributed by atoms with van der Waals surface area (Å²) < 4.78 is 0. The van der Waals surface area contributed by atoms with Gasteiger partial charge >= 0.3 is 0 Å². The molecule has 44 heavy (non-hydrogen) atoms. The number of hydrogen-bond donors (Lipinski definition) is 7. The van der Waals surface area contributed by atoms with Crippen molar-refractivity contribution in [3.63, 3.8) is 0 Å². The van der Waals surface area contributed by atoms with Crippen molar-refractivity contribution < 1.29 is 35.7 Å². The lowest BCUT2D eigenvalue weighted by Crippen LogP contribution is -2.71. The molecule has 252 valence electrons. The number of allylic oxidation sites excluding steroid dienone is 1. The summed E-state index contributed by atoms with van der Waals surface area (Å²) in [5.74, 6) is 1.56. The van der Waals surface area contributed by atoms with Crippen LogP contribution in [0.1, 0.15) is 97.3 Å². The molecular formula is C36H61NO7. The van der Waals surface area contributed by atoms with Crippen molar-refractivity contribution in [2.24, 2.45) is 59.2 Å². The van der Waals surface area contributed by atoms with Crippen molar-refractivity contribution in [2.45, 2.75) is 139 Å². The zero-order valence-corrected chi connectivity index (χ0v) is 27.5. The molecule has 12 unspecified atom stereocenters. The Morgan fingerprint density at radius 1 is 0.818 bits per heavy atom. The van der Waals surface area contributed by atoms with Crippen molar-refractivity contribution in [1.29, 1.82) is 0 Å². The van der Waals surface area contributed by atoms with Crippen molar-refractivity contribution in [1.82, 2.24) is 4.90 Å². The SMILES string of the molecule is CC1CCC(C2CCC(CCC3CC(N(C)C)C4C[C@H]5C[C@H]6CC(O)=C(C(C)O)C(O)[C@@]6(O)C(O)C5C(O)C4C3O)C2)CC1. The minimum absolute atomic E-state index is 0.0536. The van der Waals surface area contributed by atoms with Gasteiger partial charge in [0, 0.05) is 35.8 Å². The van der Waals surface area contributed by atoms with E-state index in [1.165, 1.54) is 51.9 Å². The lowest BCUT2D eigenvalue weighted by atomic mass is 9.48. The van der Waals surface area contributed by atoms with Crippen molar-refractivity contribution in [3.8, 4) is 0 Å². The largest absolute Gasteiger partial charge is 0.512 e. The molecule has 8 nitrogen and oxygen atoms in total.